The molecule has 4 heteroatoms. The van der Waals surface area contributed by atoms with Gasteiger partial charge in [-0.15, -0.1) is 0 Å². The third kappa shape index (κ3) is 2.28. The number of hydrogen-bond donors (Lipinski definition) is 1. The van der Waals surface area contributed by atoms with Gasteiger partial charge in [0.25, 0.3) is 0 Å². The maximum absolute atomic E-state index is 11.2. The van der Waals surface area contributed by atoms with E-state index in [4.69, 9.17) is 0 Å². The van der Waals surface area contributed by atoms with Crippen LogP contribution in [0.5, 0.6) is 0 Å². The van der Waals surface area contributed by atoms with Gasteiger partial charge in [-0.25, -0.2) is 4.52 Å². The van der Waals surface area contributed by atoms with Crippen LogP contribution in [0.4, 0.5) is 0 Å². The number of carbonyl (C=O) groups is 1. The first-order valence-corrected chi connectivity index (χ1v) is 5.13. The van der Waals surface area contributed by atoms with E-state index in [2.05, 4.69) is 10.4 Å². The molecule has 1 N–H and O–H groups in total. The molecule has 0 aliphatic heterocycles. The van der Waals surface area contributed by atoms with Crippen molar-refractivity contribution in [2.45, 2.75) is 13.5 Å². The smallest absolute Gasteiger partial charge is 0.243 e. The van der Waals surface area contributed by atoms with Crippen LogP contribution in [0.15, 0.2) is 42.6 Å². The number of hydrogen-bond acceptors (Lipinski definition) is 2. The van der Waals surface area contributed by atoms with Crippen LogP contribution in [0.3, 0.4) is 0 Å². The fourth-order valence-electron chi connectivity index (χ4n) is 1.47. The molecule has 0 saturated heterocycles. The Hall–Kier alpha value is -2.10. The number of amides is 1. The van der Waals surface area contributed by atoms with Gasteiger partial charge in [0.2, 0.25) is 5.91 Å². The number of fused-ring (bicyclic) bond motifs is 1. The van der Waals surface area contributed by atoms with Gasteiger partial charge in [0.05, 0.1) is 17.8 Å². The third-order valence-corrected chi connectivity index (χ3v) is 2.18. The van der Waals surface area contributed by atoms with E-state index in [1.54, 1.807) is 10.6 Å². The number of nitrogens with zero attached hydrogens (tertiary/aromatic N) is 2. The summed E-state index contributed by atoms with van der Waals surface area (Å²) in [5.74, 6) is -0.0976. The van der Waals surface area contributed by atoms with Gasteiger partial charge in [0.1, 0.15) is 0 Å². The fraction of sp³-hybridized carbons (Fsp3) is 0.167. The van der Waals surface area contributed by atoms with Crippen LogP contribution in [0.2, 0.25) is 0 Å². The average molecular weight is 215 g/mol. The van der Waals surface area contributed by atoms with Gasteiger partial charge in [0.15, 0.2) is 0 Å². The maximum Gasteiger partial charge on any atom is 0.243 e. The van der Waals surface area contributed by atoms with Crippen molar-refractivity contribution in [2.24, 2.45) is 0 Å². The molecular weight excluding hydrogens is 202 g/mol. The molecule has 2 aromatic rings. The minimum atomic E-state index is -0.0976. The Kier molecular flexibility index (Phi) is 3.00. The molecule has 82 valence electrons. The lowest BCUT2D eigenvalue weighted by Gasteiger charge is -1.97. The zero-order valence-corrected chi connectivity index (χ0v) is 9.05. The van der Waals surface area contributed by atoms with Gasteiger partial charge >= 0.3 is 0 Å². The summed E-state index contributed by atoms with van der Waals surface area (Å²) in [7, 11) is 0. The fourth-order valence-corrected chi connectivity index (χ4v) is 1.47. The molecule has 2 heterocycles. The lowest BCUT2D eigenvalue weighted by molar-refractivity contribution is -0.116. The number of aromatic nitrogens is 2. The number of carbonyl (C=O) groups excluding carboxylic acids is 1. The molecule has 4 nitrogen and oxygen atoms in total. The summed E-state index contributed by atoms with van der Waals surface area (Å²) < 4.78 is 1.79. The van der Waals surface area contributed by atoms with Crippen LogP contribution in [-0.2, 0) is 11.3 Å². The van der Waals surface area contributed by atoms with Crippen molar-refractivity contribution >= 4 is 11.4 Å². The summed E-state index contributed by atoms with van der Waals surface area (Å²) in [6, 6.07) is 7.81. The standard InChI is InChI=1S/C12H13N3O/c1-2-5-12(16)13-9-10-8-11-6-3-4-7-15(11)14-10/h2-8H,9H2,1H3,(H,13,16)/b5-2+. The topological polar surface area (TPSA) is 46.4 Å². The first-order valence-electron chi connectivity index (χ1n) is 5.13. The predicted octanol–water partition coefficient (Wildman–Crippen LogP) is 1.53. The second kappa shape index (κ2) is 4.61. The van der Waals surface area contributed by atoms with Crippen LogP contribution in [0.25, 0.3) is 5.52 Å². The summed E-state index contributed by atoms with van der Waals surface area (Å²) in [6.07, 6.45) is 5.08. The molecule has 0 unspecified atom stereocenters. The number of allylic oxidation sites excluding steroid dienone is 1. The predicted molar refractivity (Wildman–Crippen MR) is 61.9 cm³/mol. The van der Waals surface area contributed by atoms with E-state index in [1.807, 2.05) is 37.4 Å². The lowest BCUT2D eigenvalue weighted by Crippen LogP contribution is -2.20. The molecule has 0 spiro atoms. The van der Waals surface area contributed by atoms with Gasteiger partial charge in [-0.3, -0.25) is 4.79 Å². The van der Waals surface area contributed by atoms with Crippen LogP contribution >= 0.6 is 0 Å². The van der Waals surface area contributed by atoms with Crippen molar-refractivity contribution in [1.29, 1.82) is 0 Å². The minimum absolute atomic E-state index is 0.0976. The lowest BCUT2D eigenvalue weighted by atomic mass is 10.3. The first-order chi connectivity index (χ1) is 7.79. The quantitative estimate of drug-likeness (QED) is 0.789. The van der Waals surface area contributed by atoms with Crippen molar-refractivity contribution in [3.63, 3.8) is 0 Å². The Morgan fingerprint density at radius 1 is 1.56 bits per heavy atom. The highest BCUT2D eigenvalue weighted by Gasteiger charge is 2.01. The van der Waals surface area contributed by atoms with Gasteiger partial charge in [-0.2, -0.15) is 5.10 Å². The molecule has 0 bridgehead atoms. The summed E-state index contributed by atoms with van der Waals surface area (Å²) in [6.45, 7) is 2.26. The van der Waals surface area contributed by atoms with Gasteiger partial charge < -0.3 is 5.32 Å². The van der Waals surface area contributed by atoms with Crippen LogP contribution in [-0.4, -0.2) is 15.5 Å². The largest absolute Gasteiger partial charge is 0.347 e. The molecule has 0 fully saturated rings. The van der Waals surface area contributed by atoms with E-state index in [0.717, 1.165) is 11.2 Å². The summed E-state index contributed by atoms with van der Waals surface area (Å²) in [4.78, 5) is 11.2. The van der Waals surface area contributed by atoms with E-state index in [1.165, 1.54) is 6.08 Å². The zero-order valence-electron chi connectivity index (χ0n) is 9.05. The monoisotopic (exact) mass is 215 g/mol. The molecule has 0 saturated carbocycles. The van der Waals surface area contributed by atoms with Gasteiger partial charge in [0, 0.05) is 6.20 Å². The third-order valence-electron chi connectivity index (χ3n) is 2.18. The molecule has 0 aliphatic rings. The molecule has 0 aromatic carbocycles. The second-order valence-corrected chi connectivity index (χ2v) is 3.42. The summed E-state index contributed by atoms with van der Waals surface area (Å²) in [5.41, 5.74) is 1.88. The number of nitrogens with one attached hydrogen (secondary N) is 1. The van der Waals surface area contributed by atoms with Crippen molar-refractivity contribution in [3.8, 4) is 0 Å². The summed E-state index contributed by atoms with van der Waals surface area (Å²) >= 11 is 0. The Bertz CT molecular complexity index is 495. The van der Waals surface area contributed by atoms with Crippen molar-refractivity contribution in [1.82, 2.24) is 14.9 Å². The Morgan fingerprint density at radius 2 is 2.44 bits per heavy atom. The average Bonchev–Trinajstić information content (AvgIpc) is 2.69. The van der Waals surface area contributed by atoms with E-state index >= 15 is 0 Å². The van der Waals surface area contributed by atoms with Crippen molar-refractivity contribution in [2.75, 3.05) is 0 Å². The normalized spacial score (nSPS) is 11.1. The van der Waals surface area contributed by atoms with Gasteiger partial charge in [-0.1, -0.05) is 12.1 Å². The minimum Gasteiger partial charge on any atom is -0.347 e. The van der Waals surface area contributed by atoms with E-state index in [0.29, 0.717) is 6.54 Å². The SMILES string of the molecule is C/C=C/C(=O)NCc1cc2ccccn2n1. The molecule has 0 radical (unpaired) electrons. The maximum atomic E-state index is 11.2. The zero-order chi connectivity index (χ0) is 11.4. The molecule has 2 rings (SSSR count). The summed E-state index contributed by atoms with van der Waals surface area (Å²) in [5, 5.41) is 7.08. The molecular formula is C12H13N3O. The van der Waals surface area contributed by atoms with Crippen molar-refractivity contribution < 1.29 is 4.79 Å². The molecule has 0 aliphatic carbocycles. The first kappa shape index (κ1) is 10.4. The molecule has 1 amide bonds. The van der Waals surface area contributed by atoms with Gasteiger partial charge in [-0.05, 0) is 31.2 Å². The highest BCUT2D eigenvalue weighted by atomic mass is 16.1. The van der Waals surface area contributed by atoms with E-state index < -0.39 is 0 Å². The molecule has 0 atom stereocenters. The molecule has 2 aromatic heterocycles. The highest BCUT2D eigenvalue weighted by molar-refractivity contribution is 5.87. The Balaban J connectivity index is 2.07. The number of pyridine rings is 1. The number of rotatable bonds is 3. The highest BCUT2D eigenvalue weighted by Crippen LogP contribution is 2.05. The Morgan fingerprint density at radius 3 is 3.19 bits per heavy atom. The van der Waals surface area contributed by atoms with Crippen LogP contribution in [0.1, 0.15) is 12.6 Å². The van der Waals surface area contributed by atoms with E-state index in [-0.39, 0.29) is 5.91 Å². The molecule has 16 heavy (non-hydrogen) atoms. The van der Waals surface area contributed by atoms with Crippen LogP contribution in [0, 0.1) is 0 Å². The second-order valence-electron chi connectivity index (χ2n) is 3.42. The Labute approximate surface area is 93.6 Å². The van der Waals surface area contributed by atoms with E-state index in [9.17, 15) is 4.79 Å². The van der Waals surface area contributed by atoms with Crippen molar-refractivity contribution in [3.05, 3.63) is 48.3 Å². The van der Waals surface area contributed by atoms with Crippen LogP contribution < -0.4 is 5.32 Å².